The number of hydrogen-bond acceptors (Lipinski definition) is 6. The molecule has 1 unspecified atom stereocenters. The Hall–Kier alpha value is -4.45. The molecule has 6 nitrogen and oxygen atoms in total. The van der Waals surface area contributed by atoms with Gasteiger partial charge in [0.15, 0.2) is 6.10 Å². The third kappa shape index (κ3) is 62.3. The molecule has 0 radical (unpaired) electrons. The van der Waals surface area contributed by atoms with Crippen molar-refractivity contribution in [3.05, 3.63) is 134 Å². The average molecular weight is 1070 g/mol. The average Bonchev–Trinajstić information content (AvgIpc) is 3.43. The van der Waals surface area contributed by atoms with Crippen molar-refractivity contribution in [3.8, 4) is 0 Å². The minimum atomic E-state index is -0.796. The van der Waals surface area contributed by atoms with E-state index in [0.29, 0.717) is 12.8 Å². The summed E-state index contributed by atoms with van der Waals surface area (Å²) in [7, 11) is 0. The SMILES string of the molecule is CC/C=C\C/C=C\C/C=C\C/C=C\C/C=C\C/C=C\CCCCCCCCCCCCCCCCC(=O)OCC(COC(=O)CCCCCCCCC)OC(=O)CCCCC/C=C\C/C=C\C/C=C\C/C=C\C/C=C\CC. The summed E-state index contributed by atoms with van der Waals surface area (Å²) in [6, 6.07) is 0. The summed E-state index contributed by atoms with van der Waals surface area (Å²) in [4.78, 5) is 38.0. The molecule has 0 saturated carbocycles. The van der Waals surface area contributed by atoms with Crippen LogP contribution < -0.4 is 0 Å². The molecular formula is C71H116O6. The van der Waals surface area contributed by atoms with Gasteiger partial charge in [-0.1, -0.05) is 276 Å². The van der Waals surface area contributed by atoms with E-state index in [4.69, 9.17) is 14.2 Å². The van der Waals surface area contributed by atoms with Crippen molar-refractivity contribution in [3.63, 3.8) is 0 Å². The molecule has 77 heavy (non-hydrogen) atoms. The lowest BCUT2D eigenvalue weighted by Gasteiger charge is -2.18. The molecule has 0 aromatic carbocycles. The lowest BCUT2D eigenvalue weighted by molar-refractivity contribution is -0.167. The van der Waals surface area contributed by atoms with Crippen LogP contribution in [-0.2, 0) is 28.6 Å². The van der Waals surface area contributed by atoms with E-state index in [1.165, 1.54) is 103 Å². The van der Waals surface area contributed by atoms with Crippen molar-refractivity contribution in [1.29, 1.82) is 0 Å². The molecule has 0 bridgehead atoms. The van der Waals surface area contributed by atoms with Crippen LogP contribution in [0.1, 0.15) is 278 Å². The molecule has 0 aliphatic heterocycles. The minimum absolute atomic E-state index is 0.0925. The molecule has 0 rings (SSSR count). The number of esters is 3. The van der Waals surface area contributed by atoms with Gasteiger partial charge in [0, 0.05) is 19.3 Å². The second-order valence-electron chi connectivity index (χ2n) is 20.6. The van der Waals surface area contributed by atoms with Gasteiger partial charge in [0.2, 0.25) is 0 Å². The van der Waals surface area contributed by atoms with E-state index >= 15 is 0 Å². The number of hydrogen-bond donors (Lipinski definition) is 0. The molecule has 6 heteroatoms. The fourth-order valence-corrected chi connectivity index (χ4v) is 8.47. The molecule has 0 aromatic heterocycles. The normalized spacial score (nSPS) is 13.0. The van der Waals surface area contributed by atoms with E-state index in [0.717, 1.165) is 135 Å². The highest BCUT2D eigenvalue weighted by atomic mass is 16.6. The molecule has 0 aliphatic carbocycles. The van der Waals surface area contributed by atoms with Gasteiger partial charge in [-0.05, 0) is 116 Å². The predicted octanol–water partition coefficient (Wildman–Crippen LogP) is 21.8. The molecule has 0 aromatic rings. The van der Waals surface area contributed by atoms with Gasteiger partial charge in [0.05, 0.1) is 0 Å². The van der Waals surface area contributed by atoms with Gasteiger partial charge in [-0.2, -0.15) is 0 Å². The molecule has 0 fully saturated rings. The molecule has 0 N–H and O–H groups in total. The van der Waals surface area contributed by atoms with Crippen molar-refractivity contribution in [1.82, 2.24) is 0 Å². The Kier molecular flexibility index (Phi) is 60.4. The fourth-order valence-electron chi connectivity index (χ4n) is 8.47. The Morgan fingerprint density at radius 1 is 0.273 bits per heavy atom. The molecule has 0 saturated heterocycles. The molecule has 436 valence electrons. The summed E-state index contributed by atoms with van der Waals surface area (Å²) in [6.07, 6.45) is 90.6. The topological polar surface area (TPSA) is 78.9 Å². The highest BCUT2D eigenvalue weighted by molar-refractivity contribution is 5.71. The molecular weight excluding hydrogens is 949 g/mol. The number of carbonyl (C=O) groups excluding carboxylic acids is 3. The zero-order valence-electron chi connectivity index (χ0n) is 49.9. The van der Waals surface area contributed by atoms with Crippen LogP contribution >= 0.6 is 0 Å². The Morgan fingerprint density at radius 3 is 0.805 bits per heavy atom. The maximum absolute atomic E-state index is 12.8. The van der Waals surface area contributed by atoms with Gasteiger partial charge < -0.3 is 14.2 Å². The summed E-state index contributed by atoms with van der Waals surface area (Å²) in [5.41, 5.74) is 0. The van der Waals surface area contributed by atoms with Crippen LogP contribution in [0.25, 0.3) is 0 Å². The summed E-state index contributed by atoms with van der Waals surface area (Å²) < 4.78 is 16.8. The summed E-state index contributed by atoms with van der Waals surface area (Å²) >= 11 is 0. The van der Waals surface area contributed by atoms with Gasteiger partial charge in [0.25, 0.3) is 0 Å². The van der Waals surface area contributed by atoms with Crippen molar-refractivity contribution in [2.45, 2.75) is 284 Å². The Labute approximate surface area is 475 Å². The van der Waals surface area contributed by atoms with Gasteiger partial charge in [-0.15, -0.1) is 0 Å². The van der Waals surface area contributed by atoms with Gasteiger partial charge >= 0.3 is 17.9 Å². The molecule has 0 heterocycles. The van der Waals surface area contributed by atoms with Crippen LogP contribution in [0.3, 0.4) is 0 Å². The molecule has 1 atom stereocenters. The van der Waals surface area contributed by atoms with Crippen LogP contribution in [-0.4, -0.2) is 37.2 Å². The fraction of sp³-hybridized carbons (Fsp3) is 0.648. The highest BCUT2D eigenvalue weighted by Gasteiger charge is 2.19. The van der Waals surface area contributed by atoms with Crippen LogP contribution in [0.15, 0.2) is 134 Å². The number of carbonyl (C=O) groups is 3. The Balaban J connectivity index is 4.13. The molecule has 0 aliphatic rings. The zero-order chi connectivity index (χ0) is 55.7. The Bertz CT molecular complexity index is 1650. The standard InChI is InChI=1S/C71H116O6/c1-4-7-10-13-16-18-20-22-24-26-28-29-30-31-32-33-34-35-36-37-38-39-40-41-43-44-46-48-50-52-55-58-61-64-70(73)76-67-68(66-75-69(72)63-60-57-54-15-12-9-6-3)77-71(74)65-62-59-56-53-51-49-47-45-42-27-25-23-21-19-17-14-11-8-5-2/h7-8,10-11,16-19,22-25,28-29,31-32,34-35,42,45,49,51,68H,4-6,9,12-15,20-21,26-27,30,33,36-41,43-44,46-48,50,52-67H2,1-3H3/b10-7-,11-8-,18-16-,19-17-,24-22-,25-23-,29-28-,32-31-,35-34-,45-42-,51-49-. The number of unbranched alkanes of at least 4 members (excludes halogenated alkanes) is 23. The number of allylic oxidation sites excluding steroid dienone is 22. The first-order valence-electron chi connectivity index (χ1n) is 31.7. The first kappa shape index (κ1) is 72.5. The maximum atomic E-state index is 12.8. The van der Waals surface area contributed by atoms with Gasteiger partial charge in [-0.25, -0.2) is 0 Å². The van der Waals surface area contributed by atoms with E-state index < -0.39 is 6.10 Å². The van der Waals surface area contributed by atoms with Gasteiger partial charge in [-0.3, -0.25) is 14.4 Å². The Morgan fingerprint density at radius 2 is 0.506 bits per heavy atom. The molecule has 0 spiro atoms. The highest BCUT2D eigenvalue weighted by Crippen LogP contribution is 2.16. The second-order valence-corrected chi connectivity index (χ2v) is 20.6. The number of rotatable bonds is 56. The lowest BCUT2D eigenvalue weighted by atomic mass is 10.0. The third-order valence-corrected chi connectivity index (χ3v) is 13.2. The van der Waals surface area contributed by atoms with E-state index in [9.17, 15) is 14.4 Å². The number of ether oxygens (including phenoxy) is 3. The lowest BCUT2D eigenvalue weighted by Crippen LogP contribution is -2.30. The monoisotopic (exact) mass is 1060 g/mol. The largest absolute Gasteiger partial charge is 0.462 e. The smallest absolute Gasteiger partial charge is 0.306 e. The zero-order valence-corrected chi connectivity index (χ0v) is 49.9. The van der Waals surface area contributed by atoms with E-state index in [1.54, 1.807) is 0 Å². The second kappa shape index (κ2) is 64.1. The quantitative estimate of drug-likeness (QED) is 0.0261. The van der Waals surface area contributed by atoms with Crippen molar-refractivity contribution >= 4 is 17.9 Å². The van der Waals surface area contributed by atoms with Crippen LogP contribution in [0.2, 0.25) is 0 Å². The van der Waals surface area contributed by atoms with Crippen molar-refractivity contribution < 1.29 is 28.6 Å². The van der Waals surface area contributed by atoms with Crippen molar-refractivity contribution in [2.24, 2.45) is 0 Å². The first-order chi connectivity index (χ1) is 38.0. The summed E-state index contributed by atoms with van der Waals surface area (Å²) in [5.74, 6) is -0.931. The van der Waals surface area contributed by atoms with Crippen LogP contribution in [0.4, 0.5) is 0 Å². The van der Waals surface area contributed by atoms with E-state index in [1.807, 2.05) is 0 Å². The predicted molar refractivity (Wildman–Crippen MR) is 334 cm³/mol. The maximum Gasteiger partial charge on any atom is 0.306 e. The molecule has 0 amide bonds. The third-order valence-electron chi connectivity index (χ3n) is 13.2. The summed E-state index contributed by atoms with van der Waals surface area (Å²) in [5, 5.41) is 0. The van der Waals surface area contributed by atoms with Crippen LogP contribution in [0.5, 0.6) is 0 Å². The van der Waals surface area contributed by atoms with E-state index in [2.05, 4.69) is 154 Å². The summed E-state index contributed by atoms with van der Waals surface area (Å²) in [6.45, 7) is 6.34. The van der Waals surface area contributed by atoms with Crippen molar-refractivity contribution in [2.75, 3.05) is 13.2 Å². The van der Waals surface area contributed by atoms with Crippen LogP contribution in [0, 0.1) is 0 Å². The first-order valence-corrected chi connectivity index (χ1v) is 31.7. The van der Waals surface area contributed by atoms with Gasteiger partial charge in [0.1, 0.15) is 13.2 Å². The van der Waals surface area contributed by atoms with E-state index in [-0.39, 0.29) is 37.5 Å². The minimum Gasteiger partial charge on any atom is -0.462 e.